The molecule has 1 saturated heterocycles. The lowest BCUT2D eigenvalue weighted by molar-refractivity contribution is 0.523. The van der Waals surface area contributed by atoms with E-state index >= 15 is 0 Å². The van der Waals surface area contributed by atoms with E-state index in [1.807, 2.05) is 11.8 Å². The summed E-state index contributed by atoms with van der Waals surface area (Å²) in [5.41, 5.74) is 0. The Morgan fingerprint density at radius 3 is 2.73 bits per heavy atom. The van der Waals surface area contributed by atoms with Crippen molar-refractivity contribution in [3.05, 3.63) is 0 Å². The first kappa shape index (κ1) is 13.3. The van der Waals surface area contributed by atoms with E-state index in [2.05, 4.69) is 17.0 Å². The summed E-state index contributed by atoms with van der Waals surface area (Å²) in [5.74, 6) is 1.35. The summed E-state index contributed by atoms with van der Waals surface area (Å²) >= 11 is 1.95. The van der Waals surface area contributed by atoms with Gasteiger partial charge in [0.2, 0.25) is 10.0 Å². The minimum absolute atomic E-state index is 0.175. The highest BCUT2D eigenvalue weighted by molar-refractivity contribution is 8.00. The van der Waals surface area contributed by atoms with Crippen molar-refractivity contribution in [1.29, 1.82) is 0 Å². The van der Waals surface area contributed by atoms with Crippen LogP contribution in [0.1, 0.15) is 20.3 Å². The van der Waals surface area contributed by atoms with Crippen molar-refractivity contribution in [2.75, 3.05) is 24.6 Å². The Balaban J connectivity index is 2.21. The summed E-state index contributed by atoms with van der Waals surface area (Å²) in [6.45, 7) is 5.00. The lowest BCUT2D eigenvalue weighted by Crippen LogP contribution is -2.38. The average Bonchev–Trinajstić information content (AvgIpc) is 2.51. The molecule has 15 heavy (non-hydrogen) atoms. The second-order valence-corrected chi connectivity index (χ2v) is 7.15. The van der Waals surface area contributed by atoms with E-state index in [-0.39, 0.29) is 5.75 Å². The average molecular weight is 252 g/mol. The van der Waals surface area contributed by atoms with Crippen molar-refractivity contribution in [2.45, 2.75) is 31.6 Å². The minimum Gasteiger partial charge on any atom is -0.312 e. The number of hydrogen-bond donors (Lipinski definition) is 2. The van der Waals surface area contributed by atoms with Crippen LogP contribution in [-0.4, -0.2) is 44.3 Å². The fourth-order valence-electron chi connectivity index (χ4n) is 1.67. The van der Waals surface area contributed by atoms with Crippen LogP contribution in [0.25, 0.3) is 0 Å². The Labute approximate surface area is 96.6 Å². The molecule has 1 fully saturated rings. The molecule has 0 aliphatic carbocycles. The van der Waals surface area contributed by atoms with Gasteiger partial charge in [-0.1, -0.05) is 13.8 Å². The lowest BCUT2D eigenvalue weighted by Gasteiger charge is -2.16. The number of thioether (sulfide) groups is 1. The van der Waals surface area contributed by atoms with Gasteiger partial charge < -0.3 is 5.32 Å². The van der Waals surface area contributed by atoms with Crippen molar-refractivity contribution >= 4 is 21.8 Å². The first-order valence-corrected chi connectivity index (χ1v) is 8.07. The molecule has 1 aliphatic rings. The molecule has 2 N–H and O–H groups in total. The van der Waals surface area contributed by atoms with Gasteiger partial charge in [0.15, 0.2) is 0 Å². The largest absolute Gasteiger partial charge is 0.312 e. The van der Waals surface area contributed by atoms with Crippen LogP contribution in [0.4, 0.5) is 0 Å². The molecule has 90 valence electrons. The first-order valence-electron chi connectivity index (χ1n) is 5.37. The molecule has 0 radical (unpaired) electrons. The highest BCUT2D eigenvalue weighted by Crippen LogP contribution is 2.25. The second-order valence-electron chi connectivity index (χ2n) is 3.74. The summed E-state index contributed by atoms with van der Waals surface area (Å²) < 4.78 is 25.1. The molecule has 1 heterocycles. The predicted molar refractivity (Wildman–Crippen MR) is 65.8 cm³/mol. The summed E-state index contributed by atoms with van der Waals surface area (Å²) in [6, 6.07) is 0.479. The maximum atomic E-state index is 11.3. The highest BCUT2D eigenvalue weighted by atomic mass is 32.2. The van der Waals surface area contributed by atoms with Crippen LogP contribution in [0, 0.1) is 0 Å². The van der Waals surface area contributed by atoms with E-state index in [0.717, 1.165) is 6.42 Å². The fraction of sp³-hybridized carbons (Fsp3) is 1.00. The van der Waals surface area contributed by atoms with Gasteiger partial charge in [-0.3, -0.25) is 0 Å². The Kier molecular flexibility index (Phi) is 5.38. The third-order valence-corrected chi connectivity index (χ3v) is 5.31. The van der Waals surface area contributed by atoms with Gasteiger partial charge in [0.1, 0.15) is 0 Å². The molecular weight excluding hydrogens is 232 g/mol. The van der Waals surface area contributed by atoms with E-state index in [1.165, 1.54) is 5.75 Å². The zero-order chi connectivity index (χ0) is 11.3. The normalized spacial score (nSPS) is 27.1. The fourth-order valence-corrected chi connectivity index (χ4v) is 3.87. The molecule has 4 nitrogen and oxygen atoms in total. The Morgan fingerprint density at radius 1 is 1.47 bits per heavy atom. The monoisotopic (exact) mass is 252 g/mol. The molecule has 2 unspecified atom stereocenters. The molecule has 1 rings (SSSR count). The van der Waals surface area contributed by atoms with Crippen LogP contribution >= 0.6 is 11.8 Å². The molecule has 0 aromatic rings. The third kappa shape index (κ3) is 4.72. The van der Waals surface area contributed by atoms with E-state index < -0.39 is 10.0 Å². The molecule has 0 aromatic heterocycles. The van der Waals surface area contributed by atoms with Gasteiger partial charge in [0, 0.05) is 24.4 Å². The molecular formula is C9H20N2O2S2. The summed E-state index contributed by atoms with van der Waals surface area (Å²) in [5, 5.41) is 3.91. The molecule has 0 aromatic carbocycles. The molecule has 0 saturated carbocycles. The zero-order valence-corrected chi connectivity index (χ0v) is 11.0. The molecule has 6 heteroatoms. The van der Waals surface area contributed by atoms with Crippen molar-refractivity contribution in [3.8, 4) is 0 Å². The van der Waals surface area contributed by atoms with Gasteiger partial charge in [-0.05, 0) is 12.2 Å². The number of sulfonamides is 1. The summed E-state index contributed by atoms with van der Waals surface area (Å²) in [4.78, 5) is 0. The van der Waals surface area contributed by atoms with E-state index in [1.54, 1.807) is 6.92 Å². The Morgan fingerprint density at radius 2 is 2.20 bits per heavy atom. The van der Waals surface area contributed by atoms with Crippen molar-refractivity contribution in [2.24, 2.45) is 0 Å². The summed E-state index contributed by atoms with van der Waals surface area (Å²) in [7, 11) is -3.06. The number of nitrogens with one attached hydrogen (secondary N) is 2. The smallest absolute Gasteiger partial charge is 0.212 e. The zero-order valence-electron chi connectivity index (χ0n) is 9.32. The number of hydrogen-bond acceptors (Lipinski definition) is 4. The topological polar surface area (TPSA) is 58.2 Å². The van der Waals surface area contributed by atoms with Crippen molar-refractivity contribution < 1.29 is 8.42 Å². The van der Waals surface area contributed by atoms with Crippen LogP contribution in [-0.2, 0) is 10.0 Å². The maximum absolute atomic E-state index is 11.3. The van der Waals surface area contributed by atoms with Crippen LogP contribution < -0.4 is 10.0 Å². The van der Waals surface area contributed by atoms with Gasteiger partial charge in [-0.2, -0.15) is 11.8 Å². The van der Waals surface area contributed by atoms with Crippen LogP contribution in [0.15, 0.2) is 0 Å². The quantitative estimate of drug-likeness (QED) is 0.719. The van der Waals surface area contributed by atoms with E-state index in [4.69, 9.17) is 0 Å². The molecule has 1 aliphatic heterocycles. The predicted octanol–water partition coefficient (Wildman–Crippen LogP) is 0.409. The molecule has 2 atom stereocenters. The van der Waals surface area contributed by atoms with Gasteiger partial charge in [-0.25, -0.2) is 13.1 Å². The Bertz CT molecular complexity index is 280. The summed E-state index contributed by atoms with van der Waals surface area (Å²) in [6.07, 6.45) is 1.15. The van der Waals surface area contributed by atoms with Gasteiger partial charge in [0.25, 0.3) is 0 Å². The van der Waals surface area contributed by atoms with E-state index in [9.17, 15) is 8.42 Å². The number of rotatable bonds is 6. The van der Waals surface area contributed by atoms with Gasteiger partial charge in [-0.15, -0.1) is 0 Å². The standard InChI is InChI=1S/C9H20N2O2S2/c1-3-11-15(12,13)7-5-10-9-4-6-14-8(9)2/h8-11H,3-7H2,1-2H3. The highest BCUT2D eigenvalue weighted by Gasteiger charge is 2.23. The molecule has 0 bridgehead atoms. The van der Waals surface area contributed by atoms with Crippen LogP contribution in [0.3, 0.4) is 0 Å². The molecule has 0 amide bonds. The van der Waals surface area contributed by atoms with Crippen LogP contribution in [0.5, 0.6) is 0 Å². The minimum atomic E-state index is -3.06. The SMILES string of the molecule is CCNS(=O)(=O)CCNC1CCSC1C. The molecule has 0 spiro atoms. The van der Waals surface area contributed by atoms with Crippen molar-refractivity contribution in [3.63, 3.8) is 0 Å². The maximum Gasteiger partial charge on any atom is 0.212 e. The Hall–Kier alpha value is 0.220. The van der Waals surface area contributed by atoms with E-state index in [0.29, 0.717) is 24.4 Å². The van der Waals surface area contributed by atoms with Crippen LogP contribution in [0.2, 0.25) is 0 Å². The lowest BCUT2D eigenvalue weighted by atomic mass is 10.2. The van der Waals surface area contributed by atoms with Crippen molar-refractivity contribution in [1.82, 2.24) is 10.0 Å². The third-order valence-electron chi connectivity index (χ3n) is 2.52. The first-order chi connectivity index (χ1) is 7.05. The van der Waals surface area contributed by atoms with Gasteiger partial charge >= 0.3 is 0 Å². The second kappa shape index (κ2) is 6.08. The van der Waals surface area contributed by atoms with Gasteiger partial charge in [0.05, 0.1) is 5.75 Å².